The van der Waals surface area contributed by atoms with Crippen LogP contribution in [0.5, 0.6) is 0 Å². The summed E-state index contributed by atoms with van der Waals surface area (Å²) in [5.41, 5.74) is 0. The van der Waals surface area contributed by atoms with Gasteiger partial charge in [-0.25, -0.2) is 4.79 Å². The number of nitrogens with zero attached hydrogens (tertiary/aromatic N) is 1. The second kappa shape index (κ2) is 19.2. The zero-order chi connectivity index (χ0) is 38.3. The van der Waals surface area contributed by atoms with E-state index in [1.165, 1.54) is 6.92 Å². The van der Waals surface area contributed by atoms with Gasteiger partial charge in [0.1, 0.15) is 67.1 Å². The van der Waals surface area contributed by atoms with Gasteiger partial charge >= 0.3 is 5.97 Å². The molecule has 10 N–H and O–H groups in total. The summed E-state index contributed by atoms with van der Waals surface area (Å²) in [6.45, 7) is -0.300. The van der Waals surface area contributed by atoms with Crippen LogP contribution in [0.25, 0.3) is 0 Å². The monoisotopic (exact) mass is 756 g/mol. The standard InChI is InChI=1S/C30H48N2O20/c1-12-19(38)22(41)24(43)28(48-12)47-11-14-21(40)27(51-30-25(44)23(42)20(39)13(10-33)49-30)26(45)29(50-14)46-9-8-31-15(34)4-2-3-5-18(37)52-32-16(35)6-7-17(32)36/h12-14,19-30,33,38-45H,2-11H2,1H3,(H,31,34)/t12-,13+,14+,19+,20+,21+,22-,23-,24-,25-,26-,27-,28+,29-,30+/m0/s1. The maximum absolute atomic E-state index is 12.3. The second-order valence-corrected chi connectivity index (χ2v) is 12.8. The predicted molar refractivity (Wildman–Crippen MR) is 162 cm³/mol. The Kier molecular flexibility index (Phi) is 15.6. The van der Waals surface area contributed by atoms with E-state index < -0.39 is 129 Å². The summed E-state index contributed by atoms with van der Waals surface area (Å²) in [5, 5.41) is 95.9. The van der Waals surface area contributed by atoms with Gasteiger partial charge in [-0.2, -0.15) is 0 Å². The summed E-state index contributed by atoms with van der Waals surface area (Å²) in [5.74, 6) is -2.42. The van der Waals surface area contributed by atoms with Crippen LogP contribution in [0.2, 0.25) is 0 Å². The number of amides is 3. The average Bonchev–Trinajstić information content (AvgIpc) is 3.43. The third kappa shape index (κ3) is 10.4. The molecule has 298 valence electrons. The molecule has 4 aliphatic rings. The molecule has 4 fully saturated rings. The van der Waals surface area contributed by atoms with Crippen LogP contribution in [0.15, 0.2) is 0 Å². The van der Waals surface area contributed by atoms with Gasteiger partial charge in [-0.15, -0.1) is 5.06 Å². The van der Waals surface area contributed by atoms with Crippen molar-refractivity contribution >= 4 is 23.7 Å². The van der Waals surface area contributed by atoms with E-state index in [1.54, 1.807) is 0 Å². The Labute approximate surface area is 296 Å². The van der Waals surface area contributed by atoms with Crippen molar-refractivity contribution in [3.63, 3.8) is 0 Å². The summed E-state index contributed by atoms with van der Waals surface area (Å²) < 4.78 is 33.2. The van der Waals surface area contributed by atoms with Gasteiger partial charge in [-0.3, -0.25) is 14.4 Å². The molecule has 3 amide bonds. The summed E-state index contributed by atoms with van der Waals surface area (Å²) in [6.07, 6.45) is -23.8. The molecule has 15 atom stereocenters. The highest BCUT2D eigenvalue weighted by atomic mass is 16.8. The van der Waals surface area contributed by atoms with Gasteiger partial charge < -0.3 is 84.5 Å². The molecule has 4 saturated heterocycles. The Hall–Kier alpha value is -2.52. The number of rotatable bonds is 16. The highest BCUT2D eigenvalue weighted by Gasteiger charge is 2.52. The van der Waals surface area contributed by atoms with E-state index in [0.717, 1.165) is 0 Å². The molecule has 0 bridgehead atoms. The SMILES string of the molecule is C[C@@H]1O[C@@H](OC[C@H]2O[C@H](OCCNC(=O)CCCCC(=O)ON3C(=O)CCC3=O)[C@@H](O)[C@@H](O[C@H]3O[C@H](CO)[C@@H](O)[C@H](O)[C@@H]3O)[C@@H]2O)[C@@H](O)[C@@H](O)[C@@H]1O. The fraction of sp³-hybridized carbons (Fsp3) is 0.867. The quantitative estimate of drug-likeness (QED) is 0.0517. The molecule has 0 saturated carbocycles. The Bertz CT molecular complexity index is 1200. The van der Waals surface area contributed by atoms with E-state index in [1.807, 2.05) is 0 Å². The van der Waals surface area contributed by atoms with Crippen LogP contribution in [-0.2, 0) is 52.4 Å². The maximum Gasteiger partial charge on any atom is 0.333 e. The van der Waals surface area contributed by atoms with Crippen molar-refractivity contribution in [2.45, 2.75) is 138 Å². The van der Waals surface area contributed by atoms with Gasteiger partial charge in [0.15, 0.2) is 18.9 Å². The number of aliphatic hydroxyl groups excluding tert-OH is 9. The lowest BCUT2D eigenvalue weighted by Crippen LogP contribution is -2.65. The highest BCUT2D eigenvalue weighted by Crippen LogP contribution is 2.31. The Balaban J connectivity index is 1.29. The molecule has 0 radical (unpaired) electrons. The molecule has 0 unspecified atom stereocenters. The second-order valence-electron chi connectivity index (χ2n) is 12.8. The van der Waals surface area contributed by atoms with Gasteiger partial charge in [0.2, 0.25) is 5.91 Å². The van der Waals surface area contributed by atoms with Crippen molar-refractivity contribution in [1.82, 2.24) is 10.4 Å². The maximum atomic E-state index is 12.3. The smallest absolute Gasteiger partial charge is 0.333 e. The number of unbranched alkanes of at least 4 members (excludes halogenated alkanes) is 1. The molecule has 0 aromatic rings. The minimum Gasteiger partial charge on any atom is -0.394 e. The van der Waals surface area contributed by atoms with Crippen LogP contribution in [-0.4, -0.2) is 193 Å². The van der Waals surface area contributed by atoms with E-state index in [4.69, 9.17) is 33.3 Å². The number of hydrogen-bond donors (Lipinski definition) is 10. The van der Waals surface area contributed by atoms with Crippen molar-refractivity contribution in [2.75, 3.05) is 26.4 Å². The number of carbonyl (C=O) groups excluding carboxylic acids is 4. The van der Waals surface area contributed by atoms with Crippen molar-refractivity contribution < 1.29 is 98.4 Å². The number of imide groups is 1. The van der Waals surface area contributed by atoms with Crippen molar-refractivity contribution in [2.24, 2.45) is 0 Å². The molecule has 0 aromatic heterocycles. The third-order valence-electron chi connectivity index (χ3n) is 8.95. The first-order valence-electron chi connectivity index (χ1n) is 16.9. The summed E-state index contributed by atoms with van der Waals surface area (Å²) >= 11 is 0. The van der Waals surface area contributed by atoms with E-state index >= 15 is 0 Å². The first-order valence-corrected chi connectivity index (χ1v) is 16.9. The lowest BCUT2D eigenvalue weighted by Gasteiger charge is -2.46. The molecule has 0 aromatic carbocycles. The molecular formula is C30H48N2O20. The zero-order valence-corrected chi connectivity index (χ0v) is 28.2. The van der Waals surface area contributed by atoms with Gasteiger partial charge in [0.25, 0.3) is 11.8 Å². The lowest BCUT2D eigenvalue weighted by molar-refractivity contribution is -0.365. The van der Waals surface area contributed by atoms with Crippen LogP contribution in [0.1, 0.15) is 45.4 Å². The van der Waals surface area contributed by atoms with E-state index in [-0.39, 0.29) is 51.7 Å². The van der Waals surface area contributed by atoms with Crippen molar-refractivity contribution in [1.29, 1.82) is 0 Å². The first kappa shape index (κ1) is 42.2. The lowest BCUT2D eigenvalue weighted by atomic mass is 9.97. The van der Waals surface area contributed by atoms with Crippen LogP contribution >= 0.6 is 0 Å². The molecule has 0 spiro atoms. The molecule has 52 heavy (non-hydrogen) atoms. The minimum absolute atomic E-state index is 0.00252. The number of nitrogens with one attached hydrogen (secondary N) is 1. The fourth-order valence-electron chi connectivity index (χ4n) is 5.83. The number of ether oxygens (including phenoxy) is 6. The van der Waals surface area contributed by atoms with Crippen LogP contribution < -0.4 is 5.32 Å². The van der Waals surface area contributed by atoms with E-state index in [9.17, 15) is 65.1 Å². The summed E-state index contributed by atoms with van der Waals surface area (Å²) in [6, 6.07) is 0. The summed E-state index contributed by atoms with van der Waals surface area (Å²) in [7, 11) is 0. The third-order valence-corrected chi connectivity index (χ3v) is 8.95. The van der Waals surface area contributed by atoms with Crippen LogP contribution in [0, 0.1) is 0 Å². The van der Waals surface area contributed by atoms with E-state index in [0.29, 0.717) is 5.06 Å². The molecule has 4 heterocycles. The molecule has 0 aliphatic carbocycles. The Morgan fingerprint density at radius 1 is 0.731 bits per heavy atom. The molecular weight excluding hydrogens is 708 g/mol. The first-order chi connectivity index (χ1) is 24.6. The Morgan fingerprint density at radius 2 is 1.33 bits per heavy atom. The molecule has 22 nitrogen and oxygen atoms in total. The fourth-order valence-corrected chi connectivity index (χ4v) is 5.83. The minimum atomic E-state index is -1.89. The Morgan fingerprint density at radius 3 is 2.00 bits per heavy atom. The number of hydrogen-bond acceptors (Lipinski definition) is 20. The van der Waals surface area contributed by atoms with Crippen LogP contribution in [0.4, 0.5) is 0 Å². The van der Waals surface area contributed by atoms with Gasteiger partial charge in [-0.1, -0.05) is 0 Å². The zero-order valence-electron chi connectivity index (χ0n) is 28.2. The number of carbonyl (C=O) groups is 4. The van der Waals surface area contributed by atoms with Gasteiger partial charge in [0, 0.05) is 32.2 Å². The van der Waals surface area contributed by atoms with Gasteiger partial charge in [-0.05, 0) is 19.8 Å². The van der Waals surface area contributed by atoms with Crippen molar-refractivity contribution in [3.8, 4) is 0 Å². The predicted octanol–water partition coefficient (Wildman–Crippen LogP) is -6.24. The van der Waals surface area contributed by atoms with E-state index in [2.05, 4.69) is 5.32 Å². The highest BCUT2D eigenvalue weighted by molar-refractivity contribution is 6.01. The number of hydroxylamine groups is 2. The molecule has 4 aliphatic heterocycles. The number of aliphatic hydroxyl groups is 9. The van der Waals surface area contributed by atoms with Crippen molar-refractivity contribution in [3.05, 3.63) is 0 Å². The topological polar surface area (TPSA) is 330 Å². The van der Waals surface area contributed by atoms with Crippen LogP contribution in [0.3, 0.4) is 0 Å². The largest absolute Gasteiger partial charge is 0.394 e. The molecule has 22 heteroatoms. The summed E-state index contributed by atoms with van der Waals surface area (Å²) in [4.78, 5) is 52.1. The molecule has 4 rings (SSSR count). The average molecular weight is 757 g/mol. The normalized spacial score (nSPS) is 39.8. The van der Waals surface area contributed by atoms with Gasteiger partial charge in [0.05, 0.1) is 25.9 Å².